The number of amides is 2. The van der Waals surface area contributed by atoms with Crippen LogP contribution in [0, 0.1) is 12.8 Å². The van der Waals surface area contributed by atoms with Crippen LogP contribution in [-0.2, 0) is 15.8 Å². The molecule has 1 aliphatic heterocycles. The number of rotatable bonds is 3. The maximum atomic E-state index is 13.2. The van der Waals surface area contributed by atoms with Gasteiger partial charge in [-0.15, -0.1) is 0 Å². The molecule has 2 amide bonds. The average molecular weight is 441 g/mol. The van der Waals surface area contributed by atoms with Crippen molar-refractivity contribution in [2.45, 2.75) is 19.5 Å². The summed E-state index contributed by atoms with van der Waals surface area (Å²) in [6, 6.07) is 10.8. The van der Waals surface area contributed by atoms with Crippen LogP contribution in [0.15, 0.2) is 46.9 Å². The fourth-order valence-corrected chi connectivity index (χ4v) is 3.31. The molecule has 142 valence electrons. The third kappa shape index (κ3) is 4.32. The maximum absolute atomic E-state index is 13.2. The molecule has 0 radical (unpaired) electrons. The first-order valence-corrected chi connectivity index (χ1v) is 8.99. The number of benzene rings is 2. The lowest BCUT2D eigenvalue weighted by molar-refractivity contribution is -0.137. The molecule has 0 aromatic heterocycles. The SMILES string of the molecule is Cc1ccc(N2C[C@@H](C(=O)Nc3ccc(Br)cc3C(F)(F)F)CC2=O)cc1. The van der Waals surface area contributed by atoms with Crippen molar-refractivity contribution in [3.63, 3.8) is 0 Å². The smallest absolute Gasteiger partial charge is 0.325 e. The molecule has 0 bridgehead atoms. The van der Waals surface area contributed by atoms with Crippen LogP contribution in [-0.4, -0.2) is 18.4 Å². The zero-order valence-corrected chi connectivity index (χ0v) is 15.9. The molecule has 0 spiro atoms. The lowest BCUT2D eigenvalue weighted by Gasteiger charge is -2.18. The van der Waals surface area contributed by atoms with Crippen LogP contribution in [0.2, 0.25) is 0 Å². The summed E-state index contributed by atoms with van der Waals surface area (Å²) in [5.41, 5.74) is 0.442. The second-order valence-corrected chi connectivity index (χ2v) is 7.33. The van der Waals surface area contributed by atoms with E-state index >= 15 is 0 Å². The average Bonchev–Trinajstić information content (AvgIpc) is 2.98. The molecule has 0 aliphatic carbocycles. The Morgan fingerprint density at radius 1 is 1.19 bits per heavy atom. The molecule has 1 atom stereocenters. The van der Waals surface area contributed by atoms with Crippen molar-refractivity contribution < 1.29 is 22.8 Å². The number of carbonyl (C=O) groups excluding carboxylic acids is 2. The summed E-state index contributed by atoms with van der Waals surface area (Å²) < 4.78 is 39.9. The van der Waals surface area contributed by atoms with Gasteiger partial charge in [0.1, 0.15) is 0 Å². The van der Waals surface area contributed by atoms with Crippen molar-refractivity contribution in [1.82, 2.24) is 0 Å². The number of nitrogens with one attached hydrogen (secondary N) is 1. The minimum atomic E-state index is -4.61. The second kappa shape index (κ2) is 7.34. The largest absolute Gasteiger partial charge is 0.418 e. The van der Waals surface area contributed by atoms with Gasteiger partial charge in [0.2, 0.25) is 11.8 Å². The van der Waals surface area contributed by atoms with E-state index in [9.17, 15) is 22.8 Å². The van der Waals surface area contributed by atoms with Gasteiger partial charge in [0.05, 0.1) is 17.2 Å². The fourth-order valence-electron chi connectivity index (χ4n) is 2.95. The van der Waals surface area contributed by atoms with Gasteiger partial charge in [-0.25, -0.2) is 0 Å². The van der Waals surface area contributed by atoms with E-state index in [1.807, 2.05) is 19.1 Å². The quantitative estimate of drug-likeness (QED) is 0.747. The molecule has 1 heterocycles. The number of aryl methyl sites for hydroxylation is 1. The predicted octanol–water partition coefficient (Wildman–Crippen LogP) is 4.77. The Morgan fingerprint density at radius 2 is 1.85 bits per heavy atom. The molecular formula is C19H16BrF3N2O2. The lowest BCUT2D eigenvalue weighted by Crippen LogP contribution is -2.28. The van der Waals surface area contributed by atoms with Crippen LogP contribution >= 0.6 is 15.9 Å². The third-order valence-electron chi connectivity index (χ3n) is 4.39. The summed E-state index contributed by atoms with van der Waals surface area (Å²) in [5.74, 6) is -1.56. The fraction of sp³-hybridized carbons (Fsp3) is 0.263. The van der Waals surface area contributed by atoms with Crippen molar-refractivity contribution in [2.75, 3.05) is 16.8 Å². The standard InChI is InChI=1S/C19H16BrF3N2O2/c1-11-2-5-14(6-3-11)25-10-12(8-17(25)26)18(27)24-16-7-4-13(20)9-15(16)19(21,22)23/h2-7,9,12H,8,10H2,1H3,(H,24,27)/t12-/m0/s1. The van der Waals surface area contributed by atoms with Gasteiger partial charge in [0, 0.05) is 23.1 Å². The van der Waals surface area contributed by atoms with E-state index in [0.29, 0.717) is 5.69 Å². The molecule has 4 nitrogen and oxygen atoms in total. The minimum absolute atomic E-state index is 0.0441. The summed E-state index contributed by atoms with van der Waals surface area (Å²) in [5, 5.41) is 2.33. The summed E-state index contributed by atoms with van der Waals surface area (Å²) in [6.45, 7) is 2.05. The Balaban J connectivity index is 1.76. The Hall–Kier alpha value is -2.35. The molecule has 0 saturated carbocycles. The summed E-state index contributed by atoms with van der Waals surface area (Å²) in [7, 11) is 0. The number of hydrogen-bond acceptors (Lipinski definition) is 2. The number of anilines is 2. The molecule has 8 heteroatoms. The van der Waals surface area contributed by atoms with Gasteiger partial charge in [0.25, 0.3) is 0 Å². The Bertz CT molecular complexity index is 882. The molecule has 1 fully saturated rings. The van der Waals surface area contributed by atoms with Crippen molar-refractivity contribution in [3.8, 4) is 0 Å². The summed E-state index contributed by atoms with van der Waals surface area (Å²) in [4.78, 5) is 26.2. The van der Waals surface area contributed by atoms with Crippen LogP contribution in [0.3, 0.4) is 0 Å². The van der Waals surface area contributed by atoms with E-state index < -0.39 is 23.6 Å². The van der Waals surface area contributed by atoms with Gasteiger partial charge in [-0.2, -0.15) is 13.2 Å². The van der Waals surface area contributed by atoms with Gasteiger partial charge in [-0.3, -0.25) is 9.59 Å². The first-order chi connectivity index (χ1) is 12.6. The van der Waals surface area contributed by atoms with Gasteiger partial charge in [-0.05, 0) is 37.3 Å². The zero-order chi connectivity index (χ0) is 19.8. The number of halogens is 4. The Kier molecular flexibility index (Phi) is 5.28. The minimum Gasteiger partial charge on any atom is -0.325 e. The van der Waals surface area contributed by atoms with E-state index in [4.69, 9.17) is 0 Å². The summed E-state index contributed by atoms with van der Waals surface area (Å²) >= 11 is 3.00. The normalized spacial score (nSPS) is 17.3. The first kappa shape index (κ1) is 19.4. The van der Waals surface area contributed by atoms with E-state index in [0.717, 1.165) is 11.6 Å². The molecule has 1 aliphatic rings. The topological polar surface area (TPSA) is 49.4 Å². The highest BCUT2D eigenvalue weighted by Gasteiger charge is 2.37. The molecule has 1 saturated heterocycles. The Morgan fingerprint density at radius 3 is 2.48 bits per heavy atom. The van der Waals surface area contributed by atoms with Crippen molar-refractivity contribution in [2.24, 2.45) is 5.92 Å². The number of carbonyl (C=O) groups is 2. The Labute approximate surface area is 162 Å². The van der Waals surface area contributed by atoms with Crippen LogP contribution in [0.4, 0.5) is 24.5 Å². The van der Waals surface area contributed by atoms with E-state index in [2.05, 4.69) is 21.2 Å². The van der Waals surface area contributed by atoms with E-state index in [1.165, 1.54) is 17.0 Å². The first-order valence-electron chi connectivity index (χ1n) is 8.20. The van der Waals surface area contributed by atoms with Crippen LogP contribution in [0.1, 0.15) is 17.5 Å². The van der Waals surface area contributed by atoms with Crippen molar-refractivity contribution >= 4 is 39.1 Å². The van der Waals surface area contributed by atoms with E-state index in [-0.39, 0.29) is 29.0 Å². The molecular weight excluding hydrogens is 425 g/mol. The number of nitrogens with zero attached hydrogens (tertiary/aromatic N) is 1. The highest BCUT2D eigenvalue weighted by atomic mass is 79.9. The predicted molar refractivity (Wildman–Crippen MR) is 99.4 cm³/mol. The third-order valence-corrected chi connectivity index (χ3v) is 4.88. The highest BCUT2D eigenvalue weighted by Crippen LogP contribution is 2.37. The summed E-state index contributed by atoms with van der Waals surface area (Å²) in [6.07, 6.45) is -4.65. The molecule has 0 unspecified atom stereocenters. The second-order valence-electron chi connectivity index (χ2n) is 6.42. The van der Waals surface area contributed by atoms with Gasteiger partial charge in [0.15, 0.2) is 0 Å². The van der Waals surface area contributed by atoms with Crippen LogP contribution in [0.5, 0.6) is 0 Å². The maximum Gasteiger partial charge on any atom is 0.418 e. The number of alkyl halides is 3. The molecule has 3 rings (SSSR count). The van der Waals surface area contributed by atoms with Gasteiger partial charge < -0.3 is 10.2 Å². The lowest BCUT2D eigenvalue weighted by atomic mass is 10.1. The van der Waals surface area contributed by atoms with Gasteiger partial charge >= 0.3 is 6.18 Å². The monoisotopic (exact) mass is 440 g/mol. The molecule has 2 aromatic rings. The van der Waals surface area contributed by atoms with Crippen LogP contribution < -0.4 is 10.2 Å². The molecule has 2 aromatic carbocycles. The van der Waals surface area contributed by atoms with Gasteiger partial charge in [-0.1, -0.05) is 33.6 Å². The molecule has 27 heavy (non-hydrogen) atoms. The zero-order valence-electron chi connectivity index (χ0n) is 14.3. The van der Waals surface area contributed by atoms with E-state index in [1.54, 1.807) is 12.1 Å². The van der Waals surface area contributed by atoms with Crippen molar-refractivity contribution in [1.29, 1.82) is 0 Å². The van der Waals surface area contributed by atoms with Crippen LogP contribution in [0.25, 0.3) is 0 Å². The number of hydrogen-bond donors (Lipinski definition) is 1. The highest BCUT2D eigenvalue weighted by molar-refractivity contribution is 9.10. The molecule has 1 N–H and O–H groups in total. The van der Waals surface area contributed by atoms with Crippen molar-refractivity contribution in [3.05, 3.63) is 58.1 Å².